The predicted molar refractivity (Wildman–Crippen MR) is 147 cm³/mol. The Labute approximate surface area is 232 Å². The monoisotopic (exact) mass is 546 g/mol. The second kappa shape index (κ2) is 12.1. The fourth-order valence-corrected chi connectivity index (χ4v) is 7.36. The Balaban J connectivity index is 1.69. The molecule has 218 valence electrons. The average Bonchev–Trinajstić information content (AvgIpc) is 3.43. The zero-order chi connectivity index (χ0) is 28.4. The van der Waals surface area contributed by atoms with Gasteiger partial charge in [0.1, 0.15) is 11.6 Å². The number of hydrogen-bond donors (Lipinski definition) is 1. The molecule has 4 aliphatic rings. The van der Waals surface area contributed by atoms with Crippen LogP contribution in [0.25, 0.3) is 0 Å². The molecule has 4 fully saturated rings. The number of carbonyl (C=O) groups is 3. The SMILES string of the molecule is C=CCN(CCN1CCOCC1)C(=O)C1N(CCO)C(=O)[C@@H]2[C@@H](C(=O)N(CC=C)CCC)[C@]3(C)OC12CC3C. The first-order valence-electron chi connectivity index (χ1n) is 14.4. The van der Waals surface area contributed by atoms with Crippen LogP contribution in [0.2, 0.25) is 0 Å². The summed E-state index contributed by atoms with van der Waals surface area (Å²) in [4.78, 5) is 49.7. The van der Waals surface area contributed by atoms with E-state index in [0.29, 0.717) is 52.4 Å². The second-order valence-corrected chi connectivity index (χ2v) is 11.6. The highest BCUT2D eigenvalue weighted by Gasteiger charge is 2.80. The van der Waals surface area contributed by atoms with Crippen molar-refractivity contribution in [2.24, 2.45) is 17.8 Å². The van der Waals surface area contributed by atoms with Gasteiger partial charge >= 0.3 is 0 Å². The van der Waals surface area contributed by atoms with E-state index < -0.39 is 29.1 Å². The second-order valence-electron chi connectivity index (χ2n) is 11.6. The number of hydrogen-bond acceptors (Lipinski definition) is 7. The third kappa shape index (κ3) is 5.05. The Bertz CT molecular complexity index is 954. The molecule has 4 aliphatic heterocycles. The standard InChI is InChI=1S/C29H46N4O6/c1-6-9-31(10-7-2)25(35)22-23-26(36)33(14-17-34)24(29(23)20-21(4)28(22,5)39-29)27(37)32(11-8-3)13-12-30-15-18-38-19-16-30/h6,8,21-24,34H,1,3,7,9-20H2,2,4-5H3/t21?,22-,23-,24?,28+,29?/m0/s1. The van der Waals surface area contributed by atoms with E-state index in [2.05, 4.69) is 18.1 Å². The molecule has 3 unspecified atom stereocenters. The first-order chi connectivity index (χ1) is 18.7. The number of morpholine rings is 1. The molecule has 2 bridgehead atoms. The molecule has 0 saturated carbocycles. The number of aliphatic hydroxyl groups is 1. The maximum absolute atomic E-state index is 14.4. The van der Waals surface area contributed by atoms with Crippen LogP contribution in [0.4, 0.5) is 0 Å². The number of β-amino-alcohol motifs (C(OH)–C–C–N with tert-alkyl or cyclic N) is 1. The number of rotatable bonds is 13. The number of carbonyl (C=O) groups excluding carboxylic acids is 3. The van der Waals surface area contributed by atoms with Gasteiger partial charge in [-0.15, -0.1) is 13.2 Å². The van der Waals surface area contributed by atoms with Crippen LogP contribution in [-0.2, 0) is 23.9 Å². The van der Waals surface area contributed by atoms with Crippen LogP contribution in [-0.4, -0.2) is 132 Å². The first kappa shape index (κ1) is 29.7. The fraction of sp³-hybridized carbons (Fsp3) is 0.759. The lowest BCUT2D eigenvalue weighted by molar-refractivity contribution is -0.155. The number of likely N-dealkylation sites (tertiary alicyclic amines) is 1. The number of nitrogens with zero attached hydrogens (tertiary/aromatic N) is 4. The number of fused-ring (bicyclic) bond motifs is 1. The van der Waals surface area contributed by atoms with Crippen LogP contribution in [0, 0.1) is 17.8 Å². The molecule has 0 aliphatic carbocycles. The fourth-order valence-electron chi connectivity index (χ4n) is 7.36. The van der Waals surface area contributed by atoms with E-state index in [-0.39, 0.29) is 36.8 Å². The maximum Gasteiger partial charge on any atom is 0.248 e. The first-order valence-corrected chi connectivity index (χ1v) is 14.4. The Kier molecular flexibility index (Phi) is 9.20. The third-order valence-electron chi connectivity index (χ3n) is 9.26. The Morgan fingerprint density at radius 3 is 2.33 bits per heavy atom. The molecule has 0 aromatic rings. The minimum atomic E-state index is -1.12. The van der Waals surface area contributed by atoms with Gasteiger partial charge in [-0.2, -0.15) is 0 Å². The van der Waals surface area contributed by atoms with Crippen molar-refractivity contribution in [1.29, 1.82) is 0 Å². The van der Waals surface area contributed by atoms with Gasteiger partial charge in [0.2, 0.25) is 17.7 Å². The minimum absolute atomic E-state index is 0.0135. The van der Waals surface area contributed by atoms with Crippen molar-refractivity contribution >= 4 is 17.7 Å². The van der Waals surface area contributed by atoms with Gasteiger partial charge in [0.15, 0.2) is 0 Å². The van der Waals surface area contributed by atoms with Crippen molar-refractivity contribution in [1.82, 2.24) is 19.6 Å². The summed E-state index contributed by atoms with van der Waals surface area (Å²) < 4.78 is 12.3. The molecule has 10 nitrogen and oxygen atoms in total. The highest BCUT2D eigenvalue weighted by atomic mass is 16.5. The predicted octanol–water partition coefficient (Wildman–Crippen LogP) is 0.761. The van der Waals surface area contributed by atoms with Gasteiger partial charge < -0.3 is 29.3 Å². The quantitative estimate of drug-likeness (QED) is 0.340. The summed E-state index contributed by atoms with van der Waals surface area (Å²) in [5.74, 6) is -2.14. The minimum Gasteiger partial charge on any atom is -0.395 e. The molecular weight excluding hydrogens is 500 g/mol. The molecule has 4 heterocycles. The molecule has 0 radical (unpaired) electrons. The lowest BCUT2D eigenvalue weighted by Gasteiger charge is -2.39. The lowest BCUT2D eigenvalue weighted by Crippen LogP contribution is -2.58. The smallest absolute Gasteiger partial charge is 0.248 e. The maximum atomic E-state index is 14.4. The summed E-state index contributed by atoms with van der Waals surface area (Å²) in [6.07, 6.45) is 4.68. The molecule has 1 spiro atoms. The van der Waals surface area contributed by atoms with Gasteiger partial charge in [-0.25, -0.2) is 0 Å². The van der Waals surface area contributed by atoms with E-state index in [1.165, 1.54) is 4.90 Å². The van der Waals surface area contributed by atoms with Crippen LogP contribution >= 0.6 is 0 Å². The molecule has 0 aromatic heterocycles. The van der Waals surface area contributed by atoms with Crippen molar-refractivity contribution in [3.05, 3.63) is 25.3 Å². The molecule has 4 saturated heterocycles. The zero-order valence-electron chi connectivity index (χ0n) is 23.8. The highest BCUT2D eigenvalue weighted by Crippen LogP contribution is 2.65. The molecule has 3 amide bonds. The van der Waals surface area contributed by atoms with E-state index >= 15 is 0 Å². The van der Waals surface area contributed by atoms with Crippen LogP contribution < -0.4 is 0 Å². The molecule has 1 N–H and O–H groups in total. The number of aliphatic hydroxyl groups excluding tert-OH is 1. The molecule has 0 aromatic carbocycles. The number of ether oxygens (including phenoxy) is 2. The molecule has 10 heteroatoms. The van der Waals surface area contributed by atoms with Gasteiger partial charge in [0.05, 0.1) is 37.3 Å². The summed E-state index contributed by atoms with van der Waals surface area (Å²) in [5, 5.41) is 9.92. The Morgan fingerprint density at radius 1 is 1.10 bits per heavy atom. The lowest BCUT2D eigenvalue weighted by atomic mass is 9.62. The summed E-state index contributed by atoms with van der Waals surface area (Å²) in [6.45, 7) is 18.8. The Morgan fingerprint density at radius 2 is 1.74 bits per heavy atom. The van der Waals surface area contributed by atoms with E-state index in [0.717, 1.165) is 19.5 Å². The van der Waals surface area contributed by atoms with Gasteiger partial charge in [-0.1, -0.05) is 26.0 Å². The zero-order valence-corrected chi connectivity index (χ0v) is 23.8. The Hall–Kier alpha value is -2.27. The van der Waals surface area contributed by atoms with Crippen LogP contribution in [0.5, 0.6) is 0 Å². The van der Waals surface area contributed by atoms with Crippen molar-refractivity contribution in [2.75, 3.05) is 72.2 Å². The van der Waals surface area contributed by atoms with Crippen LogP contribution in [0.1, 0.15) is 33.6 Å². The largest absolute Gasteiger partial charge is 0.395 e. The van der Waals surface area contributed by atoms with Gasteiger partial charge in [0, 0.05) is 52.4 Å². The van der Waals surface area contributed by atoms with Gasteiger partial charge in [-0.3, -0.25) is 19.3 Å². The summed E-state index contributed by atoms with van der Waals surface area (Å²) in [6, 6.07) is -0.909. The average molecular weight is 547 g/mol. The van der Waals surface area contributed by atoms with E-state index in [4.69, 9.17) is 9.47 Å². The molecular formula is C29H46N4O6. The number of amides is 3. The molecule has 6 atom stereocenters. The van der Waals surface area contributed by atoms with Gasteiger partial charge in [-0.05, 0) is 25.7 Å². The van der Waals surface area contributed by atoms with Crippen molar-refractivity contribution < 1.29 is 29.0 Å². The highest BCUT2D eigenvalue weighted by molar-refractivity contribution is 5.99. The van der Waals surface area contributed by atoms with E-state index in [9.17, 15) is 19.5 Å². The third-order valence-corrected chi connectivity index (χ3v) is 9.26. The van der Waals surface area contributed by atoms with Crippen molar-refractivity contribution in [2.45, 2.75) is 50.9 Å². The molecule has 4 rings (SSSR count). The summed E-state index contributed by atoms with van der Waals surface area (Å²) in [7, 11) is 0. The summed E-state index contributed by atoms with van der Waals surface area (Å²) >= 11 is 0. The normalized spacial score (nSPS) is 33.7. The van der Waals surface area contributed by atoms with Crippen LogP contribution in [0.15, 0.2) is 25.3 Å². The topological polar surface area (TPSA) is 103 Å². The van der Waals surface area contributed by atoms with Gasteiger partial charge in [0.25, 0.3) is 0 Å². The van der Waals surface area contributed by atoms with E-state index in [1.807, 2.05) is 20.8 Å². The van der Waals surface area contributed by atoms with Crippen molar-refractivity contribution in [3.63, 3.8) is 0 Å². The summed E-state index contributed by atoms with van der Waals surface area (Å²) in [5.41, 5.74) is -1.99. The van der Waals surface area contributed by atoms with Crippen molar-refractivity contribution in [3.8, 4) is 0 Å². The van der Waals surface area contributed by atoms with Crippen LogP contribution in [0.3, 0.4) is 0 Å². The molecule has 39 heavy (non-hydrogen) atoms. The van der Waals surface area contributed by atoms with E-state index in [1.54, 1.807) is 22.0 Å².